The molecule has 5 nitrogen and oxygen atoms in total. The summed E-state index contributed by atoms with van der Waals surface area (Å²) in [7, 11) is 1.55. The summed E-state index contributed by atoms with van der Waals surface area (Å²) in [6, 6.07) is 1.64. The zero-order chi connectivity index (χ0) is 10.1. The molecule has 0 aliphatic rings. The number of rotatable bonds is 2. The van der Waals surface area contributed by atoms with Gasteiger partial charge in [-0.1, -0.05) is 0 Å². The van der Waals surface area contributed by atoms with Gasteiger partial charge in [-0.3, -0.25) is 4.79 Å². The molecule has 0 aromatic carbocycles. The Hall–Kier alpha value is -1.91. The summed E-state index contributed by atoms with van der Waals surface area (Å²) < 4.78 is 6.51. The standard InChI is InChI=1S/C9H9N3O2/c1-6(13)8-3-9-10-4-7(14-2)5-12(9)11-8/h3-5H,1-2H3. The number of ether oxygens (including phenoxy) is 1. The average molecular weight is 191 g/mol. The number of ketones is 1. The Labute approximate surface area is 80.3 Å². The number of carbonyl (C=O) groups excluding carboxylic acids is 1. The van der Waals surface area contributed by atoms with Gasteiger partial charge in [-0.2, -0.15) is 5.10 Å². The number of Topliss-reactive ketones (excluding diaryl/α,β-unsaturated/α-hetero) is 1. The molecule has 2 rings (SSSR count). The lowest BCUT2D eigenvalue weighted by molar-refractivity contribution is 0.101. The normalized spacial score (nSPS) is 10.4. The first kappa shape index (κ1) is 8.68. The van der Waals surface area contributed by atoms with Crippen molar-refractivity contribution in [2.75, 3.05) is 7.11 Å². The van der Waals surface area contributed by atoms with Crippen LogP contribution in [0.2, 0.25) is 0 Å². The van der Waals surface area contributed by atoms with Crippen molar-refractivity contribution in [1.82, 2.24) is 14.6 Å². The van der Waals surface area contributed by atoms with E-state index in [0.717, 1.165) is 0 Å². The highest BCUT2D eigenvalue weighted by atomic mass is 16.5. The summed E-state index contributed by atoms with van der Waals surface area (Å²) >= 11 is 0. The van der Waals surface area contributed by atoms with E-state index in [1.807, 2.05) is 0 Å². The molecule has 0 atom stereocenters. The number of aromatic nitrogens is 3. The molecule has 0 spiro atoms. The van der Waals surface area contributed by atoms with Crippen LogP contribution in [0.5, 0.6) is 5.75 Å². The summed E-state index contributed by atoms with van der Waals surface area (Å²) in [5.41, 5.74) is 1.04. The van der Waals surface area contributed by atoms with E-state index in [1.165, 1.54) is 11.4 Å². The molecule has 0 saturated carbocycles. The fraction of sp³-hybridized carbons (Fsp3) is 0.222. The first-order valence-corrected chi connectivity index (χ1v) is 4.11. The van der Waals surface area contributed by atoms with Gasteiger partial charge in [0, 0.05) is 13.0 Å². The van der Waals surface area contributed by atoms with Gasteiger partial charge in [-0.25, -0.2) is 9.50 Å². The number of hydrogen-bond acceptors (Lipinski definition) is 4. The van der Waals surface area contributed by atoms with Crippen molar-refractivity contribution >= 4 is 11.4 Å². The van der Waals surface area contributed by atoms with Gasteiger partial charge in [0.05, 0.1) is 19.5 Å². The molecule has 14 heavy (non-hydrogen) atoms. The van der Waals surface area contributed by atoms with Crippen LogP contribution in [-0.4, -0.2) is 27.5 Å². The van der Waals surface area contributed by atoms with Crippen molar-refractivity contribution in [2.45, 2.75) is 6.92 Å². The maximum Gasteiger partial charge on any atom is 0.180 e. The highest BCUT2D eigenvalue weighted by Gasteiger charge is 2.06. The predicted molar refractivity (Wildman–Crippen MR) is 49.5 cm³/mol. The van der Waals surface area contributed by atoms with Crippen LogP contribution in [0.4, 0.5) is 0 Å². The fourth-order valence-corrected chi connectivity index (χ4v) is 1.14. The van der Waals surface area contributed by atoms with E-state index in [2.05, 4.69) is 10.1 Å². The lowest BCUT2D eigenvalue weighted by atomic mass is 10.3. The van der Waals surface area contributed by atoms with Gasteiger partial charge in [0.15, 0.2) is 17.2 Å². The lowest BCUT2D eigenvalue weighted by Gasteiger charge is -1.97. The molecule has 0 fully saturated rings. The Bertz CT molecular complexity index is 490. The van der Waals surface area contributed by atoms with Crippen LogP contribution in [0, 0.1) is 0 Å². The van der Waals surface area contributed by atoms with E-state index >= 15 is 0 Å². The molecule has 0 amide bonds. The summed E-state index contributed by atoms with van der Waals surface area (Å²) in [5.74, 6) is 0.533. The van der Waals surface area contributed by atoms with Crippen LogP contribution in [0.25, 0.3) is 5.65 Å². The number of carbonyl (C=O) groups is 1. The van der Waals surface area contributed by atoms with E-state index in [0.29, 0.717) is 17.1 Å². The number of fused-ring (bicyclic) bond motifs is 1. The summed E-state index contributed by atoms with van der Waals surface area (Å²) in [6.07, 6.45) is 3.26. The molecule has 0 radical (unpaired) electrons. The quantitative estimate of drug-likeness (QED) is 0.663. The van der Waals surface area contributed by atoms with Gasteiger partial charge < -0.3 is 4.74 Å². The highest BCUT2D eigenvalue weighted by molar-refractivity contribution is 5.93. The number of methoxy groups -OCH3 is 1. The van der Waals surface area contributed by atoms with E-state index in [9.17, 15) is 4.79 Å². The third kappa shape index (κ3) is 1.32. The monoisotopic (exact) mass is 191 g/mol. The van der Waals surface area contributed by atoms with Crippen molar-refractivity contribution in [3.05, 3.63) is 24.2 Å². The minimum Gasteiger partial charge on any atom is -0.494 e. The summed E-state index contributed by atoms with van der Waals surface area (Å²) in [5, 5.41) is 4.05. The largest absolute Gasteiger partial charge is 0.494 e. The van der Waals surface area contributed by atoms with Gasteiger partial charge in [-0.05, 0) is 0 Å². The fourth-order valence-electron chi connectivity index (χ4n) is 1.14. The van der Waals surface area contributed by atoms with E-state index in [4.69, 9.17) is 4.74 Å². The van der Waals surface area contributed by atoms with Crippen molar-refractivity contribution < 1.29 is 9.53 Å². The Morgan fingerprint density at radius 1 is 1.57 bits per heavy atom. The second-order valence-electron chi connectivity index (χ2n) is 2.88. The van der Waals surface area contributed by atoms with Gasteiger partial charge >= 0.3 is 0 Å². The Balaban J connectivity index is 2.60. The average Bonchev–Trinajstić information content (AvgIpc) is 2.59. The molecule has 0 unspecified atom stereocenters. The summed E-state index contributed by atoms with van der Waals surface area (Å²) in [6.45, 7) is 1.47. The van der Waals surface area contributed by atoms with Crippen LogP contribution >= 0.6 is 0 Å². The molecular weight excluding hydrogens is 182 g/mol. The first-order valence-electron chi connectivity index (χ1n) is 4.11. The maximum atomic E-state index is 11.0. The van der Waals surface area contributed by atoms with Crippen LogP contribution < -0.4 is 4.74 Å². The minimum atomic E-state index is -0.0746. The molecule has 0 aliphatic heterocycles. The number of hydrogen-bond donors (Lipinski definition) is 0. The Morgan fingerprint density at radius 2 is 2.36 bits per heavy atom. The maximum absolute atomic E-state index is 11.0. The van der Waals surface area contributed by atoms with E-state index in [-0.39, 0.29) is 5.78 Å². The Morgan fingerprint density at radius 3 is 3.00 bits per heavy atom. The summed E-state index contributed by atoms with van der Waals surface area (Å²) in [4.78, 5) is 15.1. The lowest BCUT2D eigenvalue weighted by Crippen LogP contribution is -1.95. The van der Waals surface area contributed by atoms with Crippen LogP contribution in [-0.2, 0) is 0 Å². The SMILES string of the molecule is COc1cnc2cc(C(C)=O)nn2c1. The van der Waals surface area contributed by atoms with Gasteiger partial charge in [-0.15, -0.1) is 0 Å². The van der Waals surface area contributed by atoms with Crippen molar-refractivity contribution in [1.29, 1.82) is 0 Å². The van der Waals surface area contributed by atoms with Crippen LogP contribution in [0.1, 0.15) is 17.4 Å². The molecule has 2 heterocycles. The van der Waals surface area contributed by atoms with Gasteiger partial charge in [0.2, 0.25) is 0 Å². The second kappa shape index (κ2) is 3.10. The van der Waals surface area contributed by atoms with Crippen LogP contribution in [0.3, 0.4) is 0 Å². The second-order valence-corrected chi connectivity index (χ2v) is 2.88. The van der Waals surface area contributed by atoms with E-state index in [1.54, 1.807) is 25.6 Å². The zero-order valence-electron chi connectivity index (χ0n) is 7.89. The molecule has 2 aromatic heterocycles. The van der Waals surface area contributed by atoms with Crippen molar-refractivity contribution in [3.8, 4) is 5.75 Å². The smallest absolute Gasteiger partial charge is 0.180 e. The molecule has 0 N–H and O–H groups in total. The predicted octanol–water partition coefficient (Wildman–Crippen LogP) is 0.940. The third-order valence-electron chi connectivity index (χ3n) is 1.89. The number of nitrogens with zero attached hydrogens (tertiary/aromatic N) is 3. The van der Waals surface area contributed by atoms with Gasteiger partial charge in [0.25, 0.3) is 0 Å². The molecule has 72 valence electrons. The molecule has 2 aromatic rings. The van der Waals surface area contributed by atoms with E-state index < -0.39 is 0 Å². The first-order chi connectivity index (χ1) is 6.70. The molecular formula is C9H9N3O2. The highest BCUT2D eigenvalue weighted by Crippen LogP contribution is 2.10. The topological polar surface area (TPSA) is 56.5 Å². The van der Waals surface area contributed by atoms with Gasteiger partial charge in [0.1, 0.15) is 5.69 Å². The van der Waals surface area contributed by atoms with Crippen molar-refractivity contribution in [2.24, 2.45) is 0 Å². The van der Waals surface area contributed by atoms with Crippen LogP contribution in [0.15, 0.2) is 18.5 Å². The third-order valence-corrected chi connectivity index (χ3v) is 1.89. The molecule has 0 saturated heterocycles. The molecule has 5 heteroatoms. The molecule has 0 aliphatic carbocycles. The van der Waals surface area contributed by atoms with Crippen molar-refractivity contribution in [3.63, 3.8) is 0 Å². The zero-order valence-corrected chi connectivity index (χ0v) is 7.89. The minimum absolute atomic E-state index is 0.0746. The Kier molecular flexibility index (Phi) is 1.92. The molecule has 0 bridgehead atoms.